The predicted molar refractivity (Wildman–Crippen MR) is 116 cm³/mol. The van der Waals surface area contributed by atoms with Crippen molar-refractivity contribution in [2.75, 3.05) is 32.1 Å². The van der Waals surface area contributed by atoms with Gasteiger partial charge < -0.3 is 15.5 Å². The van der Waals surface area contributed by atoms with E-state index in [1.807, 2.05) is 59.5 Å². The van der Waals surface area contributed by atoms with Crippen LogP contribution in [0.25, 0.3) is 11.4 Å². The van der Waals surface area contributed by atoms with Gasteiger partial charge in [-0.2, -0.15) is 0 Å². The van der Waals surface area contributed by atoms with Gasteiger partial charge in [0.05, 0.1) is 13.2 Å². The molecule has 1 atom stereocenters. The molecule has 9 heteroatoms. The number of halogens is 1. The highest BCUT2D eigenvalue weighted by Crippen LogP contribution is 2.37. The molecule has 1 aliphatic rings. The Kier molecular flexibility index (Phi) is 6.17. The number of thioether (sulfide) groups is 1. The Morgan fingerprint density at radius 1 is 1.07 bits per heavy atom. The van der Waals surface area contributed by atoms with Crippen LogP contribution < -0.4 is 5.84 Å². The summed E-state index contributed by atoms with van der Waals surface area (Å²) in [6, 6.07) is 17.4. The molecule has 7 nitrogen and oxygen atoms in total. The summed E-state index contributed by atoms with van der Waals surface area (Å²) < 4.78 is 7.70. The van der Waals surface area contributed by atoms with Crippen molar-refractivity contribution in [3.8, 4) is 11.4 Å². The number of carbonyl (C=O) groups is 1. The number of nitrogen functional groups attached to an aromatic ring is 1. The van der Waals surface area contributed by atoms with Crippen molar-refractivity contribution in [1.29, 1.82) is 0 Å². The average molecular weight is 474 g/mol. The van der Waals surface area contributed by atoms with Crippen molar-refractivity contribution in [2.45, 2.75) is 10.4 Å². The quantitative estimate of drug-likeness (QED) is 0.452. The Morgan fingerprint density at radius 3 is 2.48 bits per heavy atom. The molecule has 2 aromatic carbocycles. The molecule has 1 aromatic heterocycles. The number of hydrogen-bond acceptors (Lipinski definition) is 6. The zero-order valence-corrected chi connectivity index (χ0v) is 18.0. The fourth-order valence-electron chi connectivity index (χ4n) is 3.13. The summed E-state index contributed by atoms with van der Waals surface area (Å²) in [6.07, 6.45) is 0. The largest absolute Gasteiger partial charge is 0.378 e. The highest BCUT2D eigenvalue weighted by Gasteiger charge is 2.30. The van der Waals surface area contributed by atoms with E-state index in [1.54, 1.807) is 0 Å². The third-order valence-electron chi connectivity index (χ3n) is 4.65. The SMILES string of the molecule is Nn1c(SC(C(=O)N2CCOCC2)c2ccccc2)nnc1-c1ccccc1Br. The van der Waals surface area contributed by atoms with E-state index >= 15 is 0 Å². The minimum atomic E-state index is -0.465. The molecular formula is C20H20BrN5O2S. The van der Waals surface area contributed by atoms with E-state index in [4.69, 9.17) is 10.6 Å². The van der Waals surface area contributed by atoms with E-state index in [9.17, 15) is 4.79 Å². The van der Waals surface area contributed by atoms with Gasteiger partial charge in [-0.05, 0) is 17.7 Å². The highest BCUT2D eigenvalue weighted by atomic mass is 79.9. The lowest BCUT2D eigenvalue weighted by Gasteiger charge is -2.30. The summed E-state index contributed by atoms with van der Waals surface area (Å²) in [5, 5.41) is 8.53. The van der Waals surface area contributed by atoms with Crippen LogP contribution in [0.15, 0.2) is 64.2 Å². The Balaban J connectivity index is 1.65. The van der Waals surface area contributed by atoms with Crippen LogP contribution in [0.4, 0.5) is 0 Å². The molecule has 1 amide bonds. The summed E-state index contributed by atoms with van der Waals surface area (Å²) in [7, 11) is 0. The fraction of sp³-hybridized carbons (Fsp3) is 0.250. The van der Waals surface area contributed by atoms with Crippen LogP contribution in [0.3, 0.4) is 0 Å². The lowest BCUT2D eigenvalue weighted by atomic mass is 10.1. The predicted octanol–water partition coefficient (Wildman–Crippen LogP) is 3.11. The number of aromatic nitrogens is 3. The van der Waals surface area contributed by atoms with Crippen molar-refractivity contribution in [1.82, 2.24) is 19.8 Å². The summed E-state index contributed by atoms with van der Waals surface area (Å²) in [6.45, 7) is 2.27. The van der Waals surface area contributed by atoms with Crippen LogP contribution >= 0.6 is 27.7 Å². The number of benzene rings is 2. The van der Waals surface area contributed by atoms with E-state index in [1.165, 1.54) is 16.4 Å². The molecule has 29 heavy (non-hydrogen) atoms. The lowest BCUT2D eigenvalue weighted by molar-refractivity contribution is -0.134. The minimum absolute atomic E-state index is 0.0231. The molecule has 2 heterocycles. The van der Waals surface area contributed by atoms with Crippen molar-refractivity contribution in [3.63, 3.8) is 0 Å². The van der Waals surface area contributed by atoms with Crippen LogP contribution in [0.2, 0.25) is 0 Å². The van der Waals surface area contributed by atoms with Gasteiger partial charge in [-0.1, -0.05) is 70.2 Å². The van der Waals surface area contributed by atoms with Crippen LogP contribution in [0.5, 0.6) is 0 Å². The Morgan fingerprint density at radius 2 is 1.76 bits per heavy atom. The van der Waals surface area contributed by atoms with Crippen LogP contribution in [-0.2, 0) is 9.53 Å². The molecule has 0 aliphatic carbocycles. The number of carbonyl (C=O) groups excluding carboxylic acids is 1. The maximum atomic E-state index is 13.3. The second kappa shape index (κ2) is 8.98. The highest BCUT2D eigenvalue weighted by molar-refractivity contribution is 9.10. The van der Waals surface area contributed by atoms with E-state index in [0.717, 1.165) is 15.6 Å². The maximum Gasteiger partial charge on any atom is 0.240 e. The molecule has 150 valence electrons. The summed E-state index contributed by atoms with van der Waals surface area (Å²) >= 11 is 4.83. The Bertz CT molecular complexity index is 992. The molecule has 4 rings (SSSR count). The number of hydrogen-bond donors (Lipinski definition) is 1. The normalized spacial score (nSPS) is 15.3. The zero-order chi connectivity index (χ0) is 20.2. The van der Waals surface area contributed by atoms with Crippen LogP contribution in [0, 0.1) is 0 Å². The first-order valence-corrected chi connectivity index (χ1v) is 10.9. The summed E-state index contributed by atoms with van der Waals surface area (Å²) in [5.41, 5.74) is 1.74. The Labute approximate surface area is 181 Å². The molecule has 0 radical (unpaired) electrons. The van der Waals surface area contributed by atoms with Crippen molar-refractivity contribution in [3.05, 3.63) is 64.6 Å². The number of rotatable bonds is 5. The lowest BCUT2D eigenvalue weighted by Crippen LogP contribution is -2.42. The van der Waals surface area contributed by atoms with Gasteiger partial charge in [-0.15, -0.1) is 10.2 Å². The van der Waals surface area contributed by atoms with E-state index in [2.05, 4.69) is 26.1 Å². The van der Waals surface area contributed by atoms with Crippen LogP contribution in [0.1, 0.15) is 10.8 Å². The summed E-state index contributed by atoms with van der Waals surface area (Å²) in [4.78, 5) is 15.1. The first kappa shape index (κ1) is 19.9. The molecule has 1 unspecified atom stereocenters. The molecule has 2 N–H and O–H groups in total. The zero-order valence-electron chi connectivity index (χ0n) is 15.6. The summed E-state index contributed by atoms with van der Waals surface area (Å²) in [5.74, 6) is 6.87. The number of amides is 1. The third kappa shape index (κ3) is 4.31. The number of nitrogens with two attached hydrogens (primary N) is 1. The van der Waals surface area contributed by atoms with Crippen molar-refractivity contribution < 1.29 is 9.53 Å². The Hall–Kier alpha value is -2.36. The van der Waals surface area contributed by atoms with E-state index in [0.29, 0.717) is 37.3 Å². The number of morpholine rings is 1. The van der Waals surface area contributed by atoms with Crippen molar-refractivity contribution >= 4 is 33.6 Å². The van der Waals surface area contributed by atoms with Gasteiger partial charge in [0.15, 0.2) is 5.82 Å². The second-order valence-electron chi connectivity index (χ2n) is 6.50. The first-order chi connectivity index (χ1) is 14.1. The molecule has 0 spiro atoms. The van der Waals surface area contributed by atoms with Gasteiger partial charge in [0.2, 0.25) is 11.1 Å². The van der Waals surface area contributed by atoms with Gasteiger partial charge in [-0.3, -0.25) is 4.79 Å². The molecule has 0 bridgehead atoms. The molecule has 3 aromatic rings. The standard InChI is InChI=1S/C20H20BrN5O2S/c21-16-9-5-4-8-15(16)18-23-24-20(26(18)22)29-17(14-6-2-1-3-7-14)19(27)25-10-12-28-13-11-25/h1-9,17H,10-13,22H2. The minimum Gasteiger partial charge on any atom is -0.378 e. The smallest absolute Gasteiger partial charge is 0.240 e. The molecule has 1 saturated heterocycles. The van der Waals surface area contributed by atoms with E-state index < -0.39 is 5.25 Å². The van der Waals surface area contributed by atoms with Gasteiger partial charge in [-0.25, -0.2) is 4.68 Å². The molecule has 1 aliphatic heterocycles. The van der Waals surface area contributed by atoms with Gasteiger partial charge in [0.25, 0.3) is 0 Å². The van der Waals surface area contributed by atoms with E-state index in [-0.39, 0.29) is 5.91 Å². The van der Waals surface area contributed by atoms with Gasteiger partial charge in [0.1, 0.15) is 5.25 Å². The van der Waals surface area contributed by atoms with Crippen molar-refractivity contribution in [2.24, 2.45) is 0 Å². The van der Waals surface area contributed by atoms with Gasteiger partial charge >= 0.3 is 0 Å². The maximum absolute atomic E-state index is 13.3. The number of nitrogens with zero attached hydrogens (tertiary/aromatic N) is 4. The fourth-order valence-corrected chi connectivity index (χ4v) is 4.63. The van der Waals surface area contributed by atoms with Crippen LogP contribution in [-0.4, -0.2) is 52.0 Å². The molecular weight excluding hydrogens is 454 g/mol. The molecule has 0 saturated carbocycles. The first-order valence-electron chi connectivity index (χ1n) is 9.18. The third-order valence-corrected chi connectivity index (χ3v) is 6.54. The molecule has 1 fully saturated rings. The number of ether oxygens (including phenoxy) is 1. The monoisotopic (exact) mass is 473 g/mol. The average Bonchev–Trinajstić information content (AvgIpc) is 3.13. The second-order valence-corrected chi connectivity index (χ2v) is 8.43. The topological polar surface area (TPSA) is 86.3 Å². The van der Waals surface area contributed by atoms with Gasteiger partial charge in [0, 0.05) is 23.1 Å².